The van der Waals surface area contributed by atoms with E-state index in [-0.39, 0.29) is 10.8 Å². The molecule has 2 N–H and O–H groups in total. The topological polar surface area (TPSA) is 57.5 Å². The number of halogens is 1. The maximum absolute atomic E-state index is 10.2. The average molecular weight is 199 g/mol. The monoisotopic (exact) mass is 198 g/mol. The van der Waals surface area contributed by atoms with Crippen molar-refractivity contribution >= 4 is 23.6 Å². The third-order valence-corrected chi connectivity index (χ3v) is 1.73. The summed E-state index contributed by atoms with van der Waals surface area (Å²) in [6.07, 6.45) is 2.22. The molecule has 0 aliphatic heterocycles. The van der Waals surface area contributed by atoms with Crippen LogP contribution < -0.4 is 0 Å². The van der Waals surface area contributed by atoms with Gasteiger partial charge >= 0.3 is 5.97 Å². The zero-order valence-electron chi connectivity index (χ0n) is 6.57. The van der Waals surface area contributed by atoms with E-state index in [4.69, 9.17) is 16.7 Å². The van der Waals surface area contributed by atoms with Crippen LogP contribution in [0.4, 0.5) is 0 Å². The highest BCUT2D eigenvalue weighted by atomic mass is 35.5. The van der Waals surface area contributed by atoms with Crippen LogP contribution in [0.25, 0.3) is 6.08 Å². The van der Waals surface area contributed by atoms with Gasteiger partial charge in [-0.1, -0.05) is 23.7 Å². The second-order valence-electron chi connectivity index (χ2n) is 2.35. The molecule has 13 heavy (non-hydrogen) atoms. The van der Waals surface area contributed by atoms with Gasteiger partial charge in [0.15, 0.2) is 0 Å². The lowest BCUT2D eigenvalue weighted by Crippen LogP contribution is -1.85. The summed E-state index contributed by atoms with van der Waals surface area (Å²) in [5, 5.41) is 17.9. The van der Waals surface area contributed by atoms with Gasteiger partial charge in [-0.15, -0.1) is 0 Å². The molecule has 0 unspecified atom stereocenters. The van der Waals surface area contributed by atoms with Crippen molar-refractivity contribution in [3.8, 4) is 5.75 Å². The zero-order valence-corrected chi connectivity index (χ0v) is 7.32. The van der Waals surface area contributed by atoms with Crippen molar-refractivity contribution in [2.45, 2.75) is 0 Å². The summed E-state index contributed by atoms with van der Waals surface area (Å²) in [6, 6.07) is 4.72. The van der Waals surface area contributed by atoms with E-state index in [1.54, 1.807) is 12.1 Å². The van der Waals surface area contributed by atoms with E-state index in [0.717, 1.165) is 6.08 Å². The van der Waals surface area contributed by atoms with Gasteiger partial charge in [-0.05, 0) is 12.1 Å². The number of carboxylic acid groups (broad SMARTS) is 1. The molecule has 1 aromatic carbocycles. The van der Waals surface area contributed by atoms with Crippen LogP contribution in [0, 0.1) is 0 Å². The predicted octanol–water partition coefficient (Wildman–Crippen LogP) is 2.14. The molecular weight excluding hydrogens is 192 g/mol. The fourth-order valence-electron chi connectivity index (χ4n) is 0.828. The first kappa shape index (κ1) is 9.61. The number of hydrogen-bond acceptors (Lipinski definition) is 2. The van der Waals surface area contributed by atoms with Gasteiger partial charge < -0.3 is 10.2 Å². The van der Waals surface area contributed by atoms with Crippen LogP contribution in [0.1, 0.15) is 5.56 Å². The summed E-state index contributed by atoms with van der Waals surface area (Å²) in [4.78, 5) is 10.2. The second-order valence-corrected chi connectivity index (χ2v) is 2.76. The molecule has 0 aliphatic carbocycles. The minimum absolute atomic E-state index is 0.110. The Morgan fingerprint density at radius 3 is 2.77 bits per heavy atom. The number of para-hydroxylation sites is 1. The molecule has 0 radical (unpaired) electrons. The number of aliphatic carboxylic acids is 1. The van der Waals surface area contributed by atoms with Gasteiger partial charge in [-0.25, -0.2) is 4.79 Å². The van der Waals surface area contributed by atoms with Gasteiger partial charge in [0.2, 0.25) is 0 Å². The second kappa shape index (κ2) is 3.96. The molecule has 0 amide bonds. The summed E-state index contributed by atoms with van der Waals surface area (Å²) in [6.45, 7) is 0. The molecule has 0 aliphatic rings. The number of benzene rings is 1. The Hall–Kier alpha value is -1.48. The van der Waals surface area contributed by atoms with Crippen LogP contribution in [0.3, 0.4) is 0 Å². The van der Waals surface area contributed by atoms with Gasteiger partial charge in [0.1, 0.15) is 5.75 Å². The maximum Gasteiger partial charge on any atom is 0.328 e. The van der Waals surface area contributed by atoms with E-state index < -0.39 is 5.97 Å². The van der Waals surface area contributed by atoms with Crippen LogP contribution >= 0.6 is 11.6 Å². The van der Waals surface area contributed by atoms with E-state index in [9.17, 15) is 9.90 Å². The minimum atomic E-state index is -1.07. The van der Waals surface area contributed by atoms with Crippen molar-refractivity contribution in [3.05, 3.63) is 34.9 Å². The molecule has 4 heteroatoms. The SMILES string of the molecule is O=C(O)C=Cc1cccc(Cl)c1O. The highest BCUT2D eigenvalue weighted by Crippen LogP contribution is 2.27. The van der Waals surface area contributed by atoms with Gasteiger partial charge in [0.05, 0.1) is 5.02 Å². The first-order valence-corrected chi connectivity index (χ1v) is 3.87. The van der Waals surface area contributed by atoms with Crippen molar-refractivity contribution in [2.24, 2.45) is 0 Å². The van der Waals surface area contributed by atoms with Crippen LogP contribution in [-0.4, -0.2) is 16.2 Å². The van der Waals surface area contributed by atoms with Crippen LogP contribution in [-0.2, 0) is 4.79 Å². The van der Waals surface area contributed by atoms with Crippen LogP contribution in [0.15, 0.2) is 24.3 Å². The molecule has 3 nitrogen and oxygen atoms in total. The first-order valence-electron chi connectivity index (χ1n) is 3.50. The molecular formula is C9H7ClO3. The lowest BCUT2D eigenvalue weighted by atomic mass is 10.2. The van der Waals surface area contributed by atoms with E-state index in [1.165, 1.54) is 12.1 Å². The van der Waals surface area contributed by atoms with E-state index >= 15 is 0 Å². The van der Waals surface area contributed by atoms with Gasteiger partial charge in [0, 0.05) is 11.6 Å². The fourth-order valence-corrected chi connectivity index (χ4v) is 1.01. The molecule has 68 valence electrons. The Kier molecular flexibility index (Phi) is 2.93. The summed E-state index contributed by atoms with van der Waals surface area (Å²) in [5.74, 6) is -1.18. The number of carbonyl (C=O) groups is 1. The molecule has 0 atom stereocenters. The molecule has 0 bridgehead atoms. The molecule has 0 saturated carbocycles. The number of phenolic OH excluding ortho intramolecular Hbond substituents is 1. The smallest absolute Gasteiger partial charge is 0.328 e. The normalized spacial score (nSPS) is 10.5. The predicted molar refractivity (Wildman–Crippen MR) is 49.8 cm³/mol. The summed E-state index contributed by atoms with van der Waals surface area (Å²) >= 11 is 5.60. The quantitative estimate of drug-likeness (QED) is 0.716. The Morgan fingerprint density at radius 2 is 2.15 bits per heavy atom. The van der Waals surface area contributed by atoms with Crippen molar-refractivity contribution in [3.63, 3.8) is 0 Å². The Labute approximate surface area is 79.9 Å². The third kappa shape index (κ3) is 2.49. The Morgan fingerprint density at radius 1 is 1.46 bits per heavy atom. The number of rotatable bonds is 2. The van der Waals surface area contributed by atoms with Crippen molar-refractivity contribution in [2.75, 3.05) is 0 Å². The van der Waals surface area contributed by atoms with E-state index in [0.29, 0.717) is 5.56 Å². The maximum atomic E-state index is 10.2. The van der Waals surface area contributed by atoms with Gasteiger partial charge in [0.25, 0.3) is 0 Å². The van der Waals surface area contributed by atoms with Gasteiger partial charge in [-0.3, -0.25) is 0 Å². The number of aromatic hydroxyl groups is 1. The largest absolute Gasteiger partial charge is 0.506 e. The highest BCUT2D eigenvalue weighted by Gasteiger charge is 2.01. The number of carboxylic acids is 1. The van der Waals surface area contributed by atoms with Crippen molar-refractivity contribution in [1.82, 2.24) is 0 Å². The van der Waals surface area contributed by atoms with Crippen LogP contribution in [0.2, 0.25) is 5.02 Å². The number of phenols is 1. The number of hydrogen-bond donors (Lipinski definition) is 2. The summed E-state index contributed by atoms with van der Waals surface area (Å²) in [7, 11) is 0. The summed E-state index contributed by atoms with van der Waals surface area (Å²) in [5.41, 5.74) is 0.384. The lowest BCUT2D eigenvalue weighted by Gasteiger charge is -1.99. The molecule has 0 heterocycles. The molecule has 0 saturated heterocycles. The molecule has 0 aromatic heterocycles. The average Bonchev–Trinajstić information content (AvgIpc) is 2.07. The fraction of sp³-hybridized carbons (Fsp3) is 0. The van der Waals surface area contributed by atoms with Gasteiger partial charge in [-0.2, -0.15) is 0 Å². The van der Waals surface area contributed by atoms with Crippen molar-refractivity contribution in [1.29, 1.82) is 0 Å². The lowest BCUT2D eigenvalue weighted by molar-refractivity contribution is -0.131. The molecule has 0 fully saturated rings. The van der Waals surface area contributed by atoms with E-state index in [2.05, 4.69) is 0 Å². The first-order chi connectivity index (χ1) is 6.11. The third-order valence-electron chi connectivity index (χ3n) is 1.42. The van der Waals surface area contributed by atoms with E-state index in [1.807, 2.05) is 0 Å². The summed E-state index contributed by atoms with van der Waals surface area (Å²) < 4.78 is 0. The highest BCUT2D eigenvalue weighted by molar-refractivity contribution is 6.32. The minimum Gasteiger partial charge on any atom is -0.506 e. The zero-order chi connectivity index (χ0) is 9.84. The Balaban J connectivity index is 3.02. The van der Waals surface area contributed by atoms with Crippen molar-refractivity contribution < 1.29 is 15.0 Å². The Bertz CT molecular complexity index is 358. The standard InChI is InChI=1S/C9H7ClO3/c10-7-3-1-2-6(9(7)13)4-5-8(11)12/h1-5,13H,(H,11,12). The van der Waals surface area contributed by atoms with Crippen LogP contribution in [0.5, 0.6) is 5.75 Å². The molecule has 1 aromatic rings. The molecule has 0 spiro atoms. The molecule has 1 rings (SSSR count).